The Morgan fingerprint density at radius 2 is 1.64 bits per heavy atom. The second-order valence-corrected chi connectivity index (χ2v) is 9.00. The number of carbonyl (C=O) groups excluding carboxylic acids is 1. The number of imidazole rings is 1. The summed E-state index contributed by atoms with van der Waals surface area (Å²) in [4.78, 5) is 26.3. The molecule has 0 fully saturated rings. The first-order valence-corrected chi connectivity index (χ1v) is 12.3. The summed E-state index contributed by atoms with van der Waals surface area (Å²) in [6.45, 7) is 0.389. The molecule has 0 atom stereocenters. The summed E-state index contributed by atoms with van der Waals surface area (Å²) in [5, 5.41) is 2.95. The van der Waals surface area contributed by atoms with Crippen LogP contribution < -0.4 is 11.1 Å². The predicted octanol–water partition coefficient (Wildman–Crippen LogP) is 5.80. The lowest BCUT2D eigenvalue weighted by Crippen LogP contribution is -2.22. The van der Waals surface area contributed by atoms with E-state index in [4.69, 9.17) is 15.7 Å². The van der Waals surface area contributed by atoms with Gasteiger partial charge in [0.05, 0.1) is 5.56 Å². The zero-order valence-corrected chi connectivity index (χ0v) is 20.8. The summed E-state index contributed by atoms with van der Waals surface area (Å²) >= 11 is 0. The number of anilines is 1. The van der Waals surface area contributed by atoms with Gasteiger partial charge in [0.1, 0.15) is 17.2 Å². The van der Waals surface area contributed by atoms with Crippen LogP contribution in [-0.2, 0) is 6.54 Å². The smallest absolute Gasteiger partial charge is 0.251 e. The van der Waals surface area contributed by atoms with Gasteiger partial charge in [-0.25, -0.2) is 19.3 Å². The molecule has 3 heterocycles. The van der Waals surface area contributed by atoms with Crippen molar-refractivity contribution in [1.29, 1.82) is 0 Å². The molecule has 7 nitrogen and oxygen atoms in total. The van der Waals surface area contributed by atoms with Crippen molar-refractivity contribution in [2.45, 2.75) is 6.54 Å². The van der Waals surface area contributed by atoms with Gasteiger partial charge in [0, 0.05) is 35.8 Å². The first-order valence-electron chi connectivity index (χ1n) is 12.3. The summed E-state index contributed by atoms with van der Waals surface area (Å²) < 4.78 is 15.4. The second-order valence-electron chi connectivity index (χ2n) is 9.00. The molecule has 0 saturated carbocycles. The number of nitrogens with zero attached hydrogens (tertiary/aromatic N) is 4. The fourth-order valence-corrected chi connectivity index (χ4v) is 4.43. The van der Waals surface area contributed by atoms with E-state index in [0.29, 0.717) is 40.5 Å². The lowest BCUT2D eigenvalue weighted by Gasteiger charge is -2.11. The molecule has 0 aliphatic heterocycles. The van der Waals surface area contributed by atoms with Crippen LogP contribution in [0.5, 0.6) is 0 Å². The average molecular weight is 515 g/mol. The summed E-state index contributed by atoms with van der Waals surface area (Å²) in [5.41, 5.74) is 12.3. The van der Waals surface area contributed by atoms with Gasteiger partial charge in [0.2, 0.25) is 0 Å². The van der Waals surface area contributed by atoms with Crippen molar-refractivity contribution >= 4 is 22.9 Å². The highest BCUT2D eigenvalue weighted by atomic mass is 19.1. The molecule has 0 bridgehead atoms. The van der Waals surface area contributed by atoms with Crippen LogP contribution in [0.15, 0.2) is 109 Å². The highest BCUT2D eigenvalue weighted by Gasteiger charge is 2.18. The Hall–Kier alpha value is -5.37. The van der Waals surface area contributed by atoms with Gasteiger partial charge in [-0.2, -0.15) is 0 Å². The number of rotatable bonds is 6. The van der Waals surface area contributed by atoms with E-state index in [-0.39, 0.29) is 11.7 Å². The van der Waals surface area contributed by atoms with E-state index in [1.807, 2.05) is 65.2 Å². The van der Waals surface area contributed by atoms with Gasteiger partial charge in [-0.05, 0) is 65.7 Å². The molecule has 0 unspecified atom stereocenters. The Morgan fingerprint density at radius 1 is 0.872 bits per heavy atom. The Kier molecular flexibility index (Phi) is 6.26. The molecule has 0 spiro atoms. The predicted molar refractivity (Wildman–Crippen MR) is 150 cm³/mol. The Labute approximate surface area is 223 Å². The molecule has 190 valence electrons. The van der Waals surface area contributed by atoms with Gasteiger partial charge in [0.15, 0.2) is 11.5 Å². The van der Waals surface area contributed by atoms with Crippen molar-refractivity contribution in [2.24, 2.45) is 0 Å². The fraction of sp³-hybridized carbons (Fsp3) is 0.0323. The van der Waals surface area contributed by atoms with E-state index in [1.54, 1.807) is 36.7 Å². The van der Waals surface area contributed by atoms with E-state index < -0.39 is 0 Å². The van der Waals surface area contributed by atoms with Crippen molar-refractivity contribution < 1.29 is 9.18 Å². The normalized spacial score (nSPS) is 11.0. The summed E-state index contributed by atoms with van der Waals surface area (Å²) in [7, 11) is 0. The Morgan fingerprint density at radius 3 is 2.38 bits per heavy atom. The molecule has 0 aliphatic carbocycles. The molecule has 8 heteroatoms. The molecule has 3 aromatic carbocycles. The maximum absolute atomic E-state index is 13.4. The quantitative estimate of drug-likeness (QED) is 0.293. The number of aromatic nitrogens is 4. The molecule has 39 heavy (non-hydrogen) atoms. The lowest BCUT2D eigenvalue weighted by molar-refractivity contribution is 0.0951. The number of pyridine rings is 2. The first-order chi connectivity index (χ1) is 19.1. The number of amides is 1. The molecule has 0 radical (unpaired) electrons. The van der Waals surface area contributed by atoms with Gasteiger partial charge in [-0.15, -0.1) is 0 Å². The molecule has 3 N–H and O–H groups in total. The first kappa shape index (κ1) is 24.0. The Bertz CT molecular complexity index is 1780. The number of nitrogens with one attached hydrogen (secondary N) is 1. The van der Waals surface area contributed by atoms with Crippen LogP contribution in [0.3, 0.4) is 0 Å². The van der Waals surface area contributed by atoms with Crippen molar-refractivity contribution in [3.8, 4) is 28.2 Å². The third kappa shape index (κ3) is 4.83. The topological polar surface area (TPSA) is 98.7 Å². The van der Waals surface area contributed by atoms with E-state index in [1.165, 1.54) is 12.1 Å². The van der Waals surface area contributed by atoms with Crippen molar-refractivity contribution in [1.82, 2.24) is 24.8 Å². The number of fused-ring (bicyclic) bond motifs is 1. The molecule has 0 aliphatic rings. The number of halogens is 1. The van der Waals surface area contributed by atoms with Crippen molar-refractivity contribution in [3.05, 3.63) is 126 Å². The zero-order valence-electron chi connectivity index (χ0n) is 20.8. The van der Waals surface area contributed by atoms with Crippen LogP contribution in [0.2, 0.25) is 0 Å². The van der Waals surface area contributed by atoms with Crippen LogP contribution in [0.1, 0.15) is 15.9 Å². The van der Waals surface area contributed by atoms with Crippen LogP contribution >= 0.6 is 0 Å². The maximum atomic E-state index is 13.4. The van der Waals surface area contributed by atoms with Crippen LogP contribution in [0.4, 0.5) is 10.2 Å². The number of nitrogen functional groups attached to an aromatic ring is 1. The summed E-state index contributed by atoms with van der Waals surface area (Å²) in [5.74, 6) is 0.530. The number of nitrogens with two attached hydrogens (primary N) is 1. The lowest BCUT2D eigenvalue weighted by atomic mass is 10.1. The monoisotopic (exact) mass is 514 g/mol. The molecule has 6 rings (SSSR count). The zero-order chi connectivity index (χ0) is 26.8. The van der Waals surface area contributed by atoms with Gasteiger partial charge in [0.25, 0.3) is 5.91 Å². The number of benzene rings is 3. The summed E-state index contributed by atoms with van der Waals surface area (Å²) in [6, 6.07) is 28.8. The average Bonchev–Trinajstić information content (AvgIpc) is 3.36. The van der Waals surface area contributed by atoms with E-state index >= 15 is 0 Å². The minimum Gasteiger partial charge on any atom is -0.383 e. The Balaban J connectivity index is 1.37. The van der Waals surface area contributed by atoms with Crippen LogP contribution in [0, 0.1) is 5.82 Å². The fourth-order valence-electron chi connectivity index (χ4n) is 4.43. The molecular formula is C31H23FN6O. The molecule has 1 amide bonds. The molecular weight excluding hydrogens is 491 g/mol. The minimum atomic E-state index is -0.297. The summed E-state index contributed by atoms with van der Waals surface area (Å²) in [6.07, 6.45) is 3.38. The molecule has 3 aromatic heterocycles. The number of carbonyl (C=O) groups is 1. The van der Waals surface area contributed by atoms with Gasteiger partial charge in [-0.3, -0.25) is 9.36 Å². The SMILES string of the molecule is Nc1ncccc1-c1nc2cc(-c3ccc(F)cc3)cnc2n1-c1ccc(CNC(=O)c2ccccc2)cc1. The largest absolute Gasteiger partial charge is 0.383 e. The highest BCUT2D eigenvalue weighted by molar-refractivity contribution is 5.94. The van der Waals surface area contributed by atoms with Crippen molar-refractivity contribution in [2.75, 3.05) is 5.73 Å². The minimum absolute atomic E-state index is 0.129. The van der Waals surface area contributed by atoms with Gasteiger partial charge >= 0.3 is 0 Å². The second kappa shape index (κ2) is 10.2. The highest BCUT2D eigenvalue weighted by Crippen LogP contribution is 2.32. The van der Waals surface area contributed by atoms with E-state index in [9.17, 15) is 9.18 Å². The van der Waals surface area contributed by atoms with Gasteiger partial charge < -0.3 is 11.1 Å². The maximum Gasteiger partial charge on any atom is 0.251 e. The van der Waals surface area contributed by atoms with E-state index in [2.05, 4.69) is 10.3 Å². The molecule has 0 saturated heterocycles. The molecule has 6 aromatic rings. The number of hydrogen-bond donors (Lipinski definition) is 2. The van der Waals surface area contributed by atoms with E-state index in [0.717, 1.165) is 22.4 Å². The third-order valence-electron chi connectivity index (χ3n) is 6.44. The van der Waals surface area contributed by atoms with Gasteiger partial charge in [-0.1, -0.05) is 42.5 Å². The standard InChI is InChI=1S/C31H23FN6O/c32-24-12-10-21(11-13-24)23-17-27-30(35-19-23)38(29(37-27)26-7-4-16-34-28(26)33)25-14-8-20(9-15-25)18-36-31(39)22-5-2-1-3-6-22/h1-17,19H,18H2,(H2,33,34)(H,36,39). The van der Waals surface area contributed by atoms with Crippen LogP contribution in [-0.4, -0.2) is 25.4 Å². The van der Waals surface area contributed by atoms with Crippen LogP contribution in [0.25, 0.3) is 39.4 Å². The third-order valence-corrected chi connectivity index (χ3v) is 6.44. The van der Waals surface area contributed by atoms with Crippen molar-refractivity contribution in [3.63, 3.8) is 0 Å². The number of hydrogen-bond acceptors (Lipinski definition) is 5.